The van der Waals surface area contributed by atoms with Gasteiger partial charge in [0.2, 0.25) is 5.91 Å². The maximum atomic E-state index is 12.9. The third-order valence-corrected chi connectivity index (χ3v) is 7.52. The minimum absolute atomic E-state index is 0.0578. The van der Waals surface area contributed by atoms with E-state index in [-0.39, 0.29) is 29.3 Å². The predicted molar refractivity (Wildman–Crippen MR) is 151 cm³/mol. The summed E-state index contributed by atoms with van der Waals surface area (Å²) in [5.74, 6) is 0.611. The molecular weight excluding hydrogens is 539 g/mol. The lowest BCUT2D eigenvalue weighted by molar-refractivity contribution is -0.385. The number of alkyl halides is 3. The van der Waals surface area contributed by atoms with Gasteiger partial charge in [0, 0.05) is 81.8 Å². The van der Waals surface area contributed by atoms with Crippen molar-refractivity contribution >= 4 is 23.0 Å². The molecule has 0 aromatic heterocycles. The van der Waals surface area contributed by atoms with E-state index < -0.39 is 16.7 Å². The van der Waals surface area contributed by atoms with Gasteiger partial charge in [-0.05, 0) is 49.1 Å². The summed E-state index contributed by atoms with van der Waals surface area (Å²) in [5.41, 5.74) is 0.829. The first-order chi connectivity index (χ1) is 19.5. The Bertz CT molecular complexity index is 1180. The van der Waals surface area contributed by atoms with Crippen LogP contribution in [0.5, 0.6) is 5.75 Å². The van der Waals surface area contributed by atoms with Crippen molar-refractivity contribution in [3.05, 3.63) is 58.1 Å². The Morgan fingerprint density at radius 1 is 1.05 bits per heavy atom. The van der Waals surface area contributed by atoms with Gasteiger partial charge in [-0.3, -0.25) is 19.8 Å². The number of halogens is 3. The fraction of sp³-hybridized carbons (Fsp3) is 0.552. The summed E-state index contributed by atoms with van der Waals surface area (Å²) in [7, 11) is 0. The van der Waals surface area contributed by atoms with E-state index in [1.54, 1.807) is 12.1 Å². The van der Waals surface area contributed by atoms with E-state index in [9.17, 15) is 28.1 Å². The van der Waals surface area contributed by atoms with Gasteiger partial charge < -0.3 is 19.9 Å². The van der Waals surface area contributed by atoms with Gasteiger partial charge in [-0.1, -0.05) is 13.8 Å². The molecule has 2 aromatic carbocycles. The topological polar surface area (TPSA) is 91.2 Å². The number of rotatable bonds is 10. The molecule has 2 fully saturated rings. The zero-order chi connectivity index (χ0) is 29.6. The number of carbonyl (C=O) groups excluding carboxylic acids is 1. The second-order valence-electron chi connectivity index (χ2n) is 11.1. The van der Waals surface area contributed by atoms with Gasteiger partial charge in [-0.25, -0.2) is 0 Å². The SMILES string of the molecule is CC(C)COc1cc(NC2CCN(C(=O)CCN3CCN(c4ccc(C(F)(F)F)cc4)CC3)CC2)ccc1[N+](=O)[O-]. The number of anilines is 2. The lowest BCUT2D eigenvalue weighted by atomic mass is 10.0. The fourth-order valence-corrected chi connectivity index (χ4v) is 5.14. The van der Waals surface area contributed by atoms with Gasteiger partial charge in [0.05, 0.1) is 17.1 Å². The monoisotopic (exact) mass is 577 g/mol. The standard InChI is InChI=1S/C29H38F3N5O4/c1-21(2)20-41-27-19-24(5-8-26(27)37(39)40)33-23-9-13-36(14-10-23)28(38)11-12-34-15-17-35(18-16-34)25-6-3-22(4-7-25)29(30,31)32/h3-8,19,21,23,33H,9-18,20H2,1-2H3. The Morgan fingerprint density at radius 3 is 2.29 bits per heavy atom. The Hall–Kier alpha value is -3.54. The molecule has 2 aliphatic heterocycles. The number of likely N-dealkylation sites (tertiary alicyclic amines) is 1. The number of hydrogen-bond donors (Lipinski definition) is 1. The maximum absolute atomic E-state index is 12.9. The molecule has 0 spiro atoms. The maximum Gasteiger partial charge on any atom is 0.416 e. The number of nitro benzene ring substituents is 1. The van der Waals surface area contributed by atoms with Crippen molar-refractivity contribution < 1.29 is 27.6 Å². The van der Waals surface area contributed by atoms with Gasteiger partial charge in [0.1, 0.15) is 0 Å². The number of nitro groups is 1. The summed E-state index contributed by atoms with van der Waals surface area (Å²) in [6.07, 6.45) is -2.36. The molecule has 1 N–H and O–H groups in total. The molecule has 0 bridgehead atoms. The smallest absolute Gasteiger partial charge is 0.416 e. The first-order valence-corrected chi connectivity index (χ1v) is 14.1. The molecule has 9 nitrogen and oxygen atoms in total. The summed E-state index contributed by atoms with van der Waals surface area (Å²) in [5, 5.41) is 14.8. The zero-order valence-corrected chi connectivity index (χ0v) is 23.5. The zero-order valence-electron chi connectivity index (χ0n) is 23.5. The van der Waals surface area contributed by atoms with Crippen molar-refractivity contribution in [2.75, 3.05) is 62.6 Å². The molecule has 1 amide bonds. The molecule has 2 aromatic rings. The van der Waals surface area contributed by atoms with E-state index in [1.165, 1.54) is 18.2 Å². The lowest BCUT2D eigenvalue weighted by Crippen LogP contribution is -2.48. The molecule has 0 unspecified atom stereocenters. The summed E-state index contributed by atoms with van der Waals surface area (Å²) in [4.78, 5) is 30.0. The van der Waals surface area contributed by atoms with Crippen molar-refractivity contribution in [2.24, 2.45) is 5.92 Å². The van der Waals surface area contributed by atoms with Crippen LogP contribution in [0.4, 0.5) is 30.2 Å². The van der Waals surface area contributed by atoms with E-state index in [2.05, 4.69) is 15.1 Å². The van der Waals surface area contributed by atoms with Crippen LogP contribution in [0.25, 0.3) is 0 Å². The minimum Gasteiger partial charge on any atom is -0.486 e. The number of piperazine rings is 1. The third-order valence-electron chi connectivity index (χ3n) is 7.52. The van der Waals surface area contributed by atoms with Crippen LogP contribution in [0.2, 0.25) is 0 Å². The molecule has 2 aliphatic rings. The summed E-state index contributed by atoms with van der Waals surface area (Å²) < 4.78 is 44.1. The quantitative estimate of drug-likeness (QED) is 0.304. The van der Waals surface area contributed by atoms with Gasteiger partial charge in [0.15, 0.2) is 5.75 Å². The number of nitrogens with zero attached hydrogens (tertiary/aromatic N) is 4. The number of benzene rings is 2. The molecule has 2 heterocycles. The Balaban J connectivity index is 1.18. The molecule has 41 heavy (non-hydrogen) atoms. The first kappa shape index (κ1) is 30.4. The van der Waals surface area contributed by atoms with Crippen LogP contribution in [0.3, 0.4) is 0 Å². The second-order valence-corrected chi connectivity index (χ2v) is 11.1. The van der Waals surface area contributed by atoms with Crippen LogP contribution in [0.1, 0.15) is 38.7 Å². The number of amides is 1. The molecule has 2 saturated heterocycles. The number of nitrogens with one attached hydrogen (secondary N) is 1. The van der Waals surface area contributed by atoms with E-state index >= 15 is 0 Å². The Labute approximate surface area is 238 Å². The molecule has 0 aliphatic carbocycles. The minimum atomic E-state index is -4.34. The summed E-state index contributed by atoms with van der Waals surface area (Å²) in [6.45, 7) is 9.18. The van der Waals surface area contributed by atoms with Gasteiger partial charge >= 0.3 is 11.9 Å². The Morgan fingerprint density at radius 2 is 1.71 bits per heavy atom. The van der Waals surface area contributed by atoms with Gasteiger partial charge in [-0.15, -0.1) is 0 Å². The normalized spacial score (nSPS) is 17.1. The highest BCUT2D eigenvalue weighted by Gasteiger charge is 2.30. The second kappa shape index (κ2) is 13.4. The average Bonchev–Trinajstić information content (AvgIpc) is 2.95. The van der Waals surface area contributed by atoms with E-state index in [1.807, 2.05) is 18.7 Å². The van der Waals surface area contributed by atoms with Crippen molar-refractivity contribution in [3.8, 4) is 5.75 Å². The number of piperidine rings is 1. The average molecular weight is 578 g/mol. The van der Waals surface area contributed by atoms with Crippen LogP contribution in [0, 0.1) is 16.0 Å². The molecule has 12 heteroatoms. The van der Waals surface area contributed by atoms with Crippen LogP contribution >= 0.6 is 0 Å². The molecule has 0 atom stereocenters. The predicted octanol–water partition coefficient (Wildman–Crippen LogP) is 5.26. The van der Waals surface area contributed by atoms with Crippen molar-refractivity contribution in [1.82, 2.24) is 9.80 Å². The van der Waals surface area contributed by atoms with Crippen molar-refractivity contribution in [1.29, 1.82) is 0 Å². The largest absolute Gasteiger partial charge is 0.486 e. The highest BCUT2D eigenvalue weighted by atomic mass is 19.4. The number of carbonyl (C=O) groups is 1. The van der Waals surface area contributed by atoms with Crippen molar-refractivity contribution in [2.45, 2.75) is 45.3 Å². The number of ether oxygens (including phenoxy) is 1. The van der Waals surface area contributed by atoms with Crippen LogP contribution in [-0.4, -0.2) is 79.1 Å². The first-order valence-electron chi connectivity index (χ1n) is 14.1. The van der Waals surface area contributed by atoms with Crippen LogP contribution in [-0.2, 0) is 11.0 Å². The molecule has 4 rings (SSSR count). The molecular formula is C29H38F3N5O4. The summed E-state index contributed by atoms with van der Waals surface area (Å²) >= 11 is 0. The van der Waals surface area contributed by atoms with Gasteiger partial charge in [0.25, 0.3) is 0 Å². The molecule has 224 valence electrons. The van der Waals surface area contributed by atoms with Gasteiger partial charge in [-0.2, -0.15) is 13.2 Å². The van der Waals surface area contributed by atoms with Crippen LogP contribution < -0.4 is 15.0 Å². The molecule has 0 radical (unpaired) electrons. The highest BCUT2D eigenvalue weighted by molar-refractivity contribution is 5.76. The fourth-order valence-electron chi connectivity index (χ4n) is 5.14. The van der Waals surface area contributed by atoms with E-state index in [0.29, 0.717) is 45.8 Å². The summed E-state index contributed by atoms with van der Waals surface area (Å²) in [6, 6.07) is 10.2. The van der Waals surface area contributed by atoms with E-state index in [0.717, 1.165) is 49.4 Å². The van der Waals surface area contributed by atoms with Crippen molar-refractivity contribution in [3.63, 3.8) is 0 Å². The number of hydrogen-bond acceptors (Lipinski definition) is 7. The third kappa shape index (κ3) is 8.48. The van der Waals surface area contributed by atoms with Crippen LogP contribution in [0.15, 0.2) is 42.5 Å². The molecule has 0 saturated carbocycles. The van der Waals surface area contributed by atoms with E-state index in [4.69, 9.17) is 4.74 Å². The lowest BCUT2D eigenvalue weighted by Gasteiger charge is -2.37. The Kier molecular flexibility index (Phi) is 9.95. The highest BCUT2D eigenvalue weighted by Crippen LogP contribution is 2.32.